The molecule has 0 aliphatic heterocycles. The van der Waals surface area contributed by atoms with Crippen molar-refractivity contribution in [1.82, 2.24) is 20.2 Å². The highest BCUT2D eigenvalue weighted by molar-refractivity contribution is 5.71. The highest BCUT2D eigenvalue weighted by Gasteiger charge is 2.34. The summed E-state index contributed by atoms with van der Waals surface area (Å²) in [5.74, 6) is -1.33. The number of carbonyl (C=O) groups is 1. The van der Waals surface area contributed by atoms with Gasteiger partial charge >= 0.3 is 12.1 Å². The lowest BCUT2D eigenvalue weighted by Gasteiger charge is -2.13. The zero-order valence-electron chi connectivity index (χ0n) is 9.29. The van der Waals surface area contributed by atoms with Crippen molar-refractivity contribution in [3.63, 3.8) is 0 Å². The van der Waals surface area contributed by atoms with E-state index in [9.17, 15) is 18.0 Å². The number of nitrogens with zero attached hydrogens (tertiary/aromatic N) is 4. The van der Waals surface area contributed by atoms with Crippen molar-refractivity contribution in [2.24, 2.45) is 0 Å². The summed E-state index contributed by atoms with van der Waals surface area (Å²) in [6.07, 6.45) is -4.20. The molecule has 19 heavy (non-hydrogen) atoms. The van der Waals surface area contributed by atoms with Crippen LogP contribution in [0.1, 0.15) is 11.1 Å². The first kappa shape index (κ1) is 13.0. The van der Waals surface area contributed by atoms with Gasteiger partial charge in [0, 0.05) is 0 Å². The Morgan fingerprint density at radius 3 is 2.63 bits per heavy atom. The second-order valence-electron chi connectivity index (χ2n) is 3.66. The number of halogens is 3. The maximum absolute atomic E-state index is 12.9. The van der Waals surface area contributed by atoms with Crippen LogP contribution in [0.15, 0.2) is 24.5 Å². The first-order valence-electron chi connectivity index (χ1n) is 5.03. The molecule has 1 heterocycles. The molecule has 6 nitrogen and oxygen atoms in total. The molecule has 0 unspecified atom stereocenters. The van der Waals surface area contributed by atoms with E-state index >= 15 is 0 Å². The van der Waals surface area contributed by atoms with Gasteiger partial charge in [0.25, 0.3) is 0 Å². The van der Waals surface area contributed by atoms with Gasteiger partial charge in [0.2, 0.25) is 0 Å². The minimum absolute atomic E-state index is 0.103. The number of hydrogen-bond acceptors (Lipinski definition) is 4. The van der Waals surface area contributed by atoms with Gasteiger partial charge < -0.3 is 5.11 Å². The quantitative estimate of drug-likeness (QED) is 0.911. The Hall–Kier alpha value is -2.45. The largest absolute Gasteiger partial charge is 0.481 e. The van der Waals surface area contributed by atoms with Crippen molar-refractivity contribution in [2.45, 2.75) is 12.6 Å². The van der Waals surface area contributed by atoms with E-state index in [1.807, 2.05) is 0 Å². The van der Waals surface area contributed by atoms with E-state index in [2.05, 4.69) is 15.5 Å². The fourth-order valence-corrected chi connectivity index (χ4v) is 1.57. The summed E-state index contributed by atoms with van der Waals surface area (Å²) in [4.78, 5) is 10.6. The van der Waals surface area contributed by atoms with Crippen molar-refractivity contribution >= 4 is 5.97 Å². The predicted octanol–water partition coefficient (Wildman–Crippen LogP) is 1.31. The van der Waals surface area contributed by atoms with Crippen molar-refractivity contribution in [3.8, 4) is 5.69 Å². The zero-order chi connectivity index (χ0) is 14.0. The smallest absolute Gasteiger partial charge is 0.416 e. The average Bonchev–Trinajstić information content (AvgIpc) is 2.80. The van der Waals surface area contributed by atoms with Crippen molar-refractivity contribution < 1.29 is 23.1 Å². The molecule has 1 aromatic carbocycles. The lowest BCUT2D eigenvalue weighted by Crippen LogP contribution is -2.13. The first-order valence-corrected chi connectivity index (χ1v) is 5.03. The van der Waals surface area contributed by atoms with Crippen LogP contribution in [0.2, 0.25) is 0 Å². The van der Waals surface area contributed by atoms with Crippen LogP contribution in [0, 0.1) is 0 Å². The van der Waals surface area contributed by atoms with E-state index in [0.29, 0.717) is 0 Å². The maximum Gasteiger partial charge on any atom is 0.416 e. The van der Waals surface area contributed by atoms with E-state index in [4.69, 9.17) is 5.11 Å². The van der Waals surface area contributed by atoms with Crippen molar-refractivity contribution in [3.05, 3.63) is 35.7 Å². The molecule has 0 radical (unpaired) electrons. The molecule has 0 spiro atoms. The number of carboxylic acids is 1. The van der Waals surface area contributed by atoms with Gasteiger partial charge in [0.15, 0.2) is 0 Å². The normalized spacial score (nSPS) is 11.5. The summed E-state index contributed by atoms with van der Waals surface area (Å²) in [5.41, 5.74) is -1.22. The molecule has 0 aliphatic rings. The Kier molecular flexibility index (Phi) is 3.19. The zero-order valence-corrected chi connectivity index (χ0v) is 9.29. The summed E-state index contributed by atoms with van der Waals surface area (Å²) >= 11 is 0. The Labute approximate surface area is 104 Å². The van der Waals surface area contributed by atoms with Crippen molar-refractivity contribution in [1.29, 1.82) is 0 Å². The van der Waals surface area contributed by atoms with Gasteiger partial charge in [-0.05, 0) is 28.1 Å². The van der Waals surface area contributed by atoms with Crippen LogP contribution in [0.3, 0.4) is 0 Å². The van der Waals surface area contributed by atoms with E-state index < -0.39 is 24.1 Å². The van der Waals surface area contributed by atoms with E-state index in [1.54, 1.807) is 0 Å². The third-order valence-electron chi connectivity index (χ3n) is 2.35. The second kappa shape index (κ2) is 4.67. The summed E-state index contributed by atoms with van der Waals surface area (Å²) in [6, 6.07) is 3.24. The third kappa shape index (κ3) is 2.87. The van der Waals surface area contributed by atoms with Crippen LogP contribution in [0.5, 0.6) is 0 Å². The van der Waals surface area contributed by atoms with Gasteiger partial charge in [-0.1, -0.05) is 6.07 Å². The Bertz CT molecular complexity index is 595. The minimum atomic E-state index is -4.64. The van der Waals surface area contributed by atoms with Gasteiger partial charge in [0.1, 0.15) is 6.33 Å². The molecule has 0 saturated carbocycles. The molecule has 0 aliphatic carbocycles. The first-order chi connectivity index (χ1) is 8.88. The number of aromatic nitrogens is 4. The summed E-state index contributed by atoms with van der Waals surface area (Å²) in [7, 11) is 0. The van der Waals surface area contributed by atoms with E-state index in [0.717, 1.165) is 23.1 Å². The van der Waals surface area contributed by atoms with Gasteiger partial charge in [-0.3, -0.25) is 4.79 Å². The van der Waals surface area contributed by atoms with E-state index in [-0.39, 0.29) is 11.3 Å². The van der Waals surface area contributed by atoms with Gasteiger partial charge in [-0.2, -0.15) is 13.2 Å². The van der Waals surface area contributed by atoms with Crippen LogP contribution in [0.25, 0.3) is 5.69 Å². The molecule has 0 bridgehead atoms. The molecule has 2 rings (SSSR count). The molecule has 100 valence electrons. The SMILES string of the molecule is O=C(O)Cc1ccc(-n2cnnn2)cc1C(F)(F)F. The molecular formula is C10H7F3N4O2. The lowest BCUT2D eigenvalue weighted by molar-refractivity contribution is -0.139. The molecule has 0 saturated heterocycles. The number of tetrazole rings is 1. The molecular weight excluding hydrogens is 265 g/mol. The maximum atomic E-state index is 12.9. The summed E-state index contributed by atoms with van der Waals surface area (Å²) < 4.78 is 39.7. The minimum Gasteiger partial charge on any atom is -0.481 e. The van der Waals surface area contributed by atoms with Gasteiger partial charge in [-0.25, -0.2) is 4.68 Å². The second-order valence-corrected chi connectivity index (χ2v) is 3.66. The molecule has 0 fully saturated rings. The molecule has 1 aromatic heterocycles. The highest BCUT2D eigenvalue weighted by Crippen LogP contribution is 2.33. The number of rotatable bonds is 3. The lowest BCUT2D eigenvalue weighted by atomic mass is 10.0. The number of benzene rings is 1. The molecule has 0 amide bonds. The standard InChI is InChI=1S/C10H7F3N4O2/c11-10(12,13)8-4-7(17-5-14-15-16-17)2-1-6(8)3-9(18)19/h1-2,4-5H,3H2,(H,18,19). The highest BCUT2D eigenvalue weighted by atomic mass is 19.4. The van der Waals surface area contributed by atoms with Crippen LogP contribution in [-0.2, 0) is 17.4 Å². The number of alkyl halides is 3. The topological polar surface area (TPSA) is 80.9 Å². The van der Waals surface area contributed by atoms with Crippen LogP contribution in [0.4, 0.5) is 13.2 Å². The summed E-state index contributed by atoms with van der Waals surface area (Å²) in [6.45, 7) is 0. The van der Waals surface area contributed by atoms with Crippen LogP contribution < -0.4 is 0 Å². The average molecular weight is 272 g/mol. The fourth-order valence-electron chi connectivity index (χ4n) is 1.57. The van der Waals surface area contributed by atoms with Gasteiger partial charge in [0.05, 0.1) is 17.7 Å². The Balaban J connectivity index is 2.51. The Morgan fingerprint density at radius 2 is 2.11 bits per heavy atom. The molecule has 1 N–H and O–H groups in total. The van der Waals surface area contributed by atoms with E-state index in [1.165, 1.54) is 6.07 Å². The molecule has 0 atom stereocenters. The summed E-state index contributed by atoms with van der Waals surface area (Å²) in [5, 5.41) is 18.7. The van der Waals surface area contributed by atoms with Gasteiger partial charge in [-0.15, -0.1) is 5.10 Å². The monoisotopic (exact) mass is 272 g/mol. The number of aliphatic carboxylic acids is 1. The molecule has 9 heteroatoms. The van der Waals surface area contributed by atoms with Crippen molar-refractivity contribution in [2.75, 3.05) is 0 Å². The van der Waals surface area contributed by atoms with Crippen LogP contribution >= 0.6 is 0 Å². The third-order valence-corrected chi connectivity index (χ3v) is 2.35. The molecule has 2 aromatic rings. The predicted molar refractivity (Wildman–Crippen MR) is 55.5 cm³/mol. The van der Waals surface area contributed by atoms with Crippen LogP contribution in [-0.4, -0.2) is 31.3 Å². The number of hydrogen-bond donors (Lipinski definition) is 1. The number of carboxylic acid groups (broad SMARTS) is 1. The Morgan fingerprint density at radius 1 is 1.37 bits per heavy atom. The fraction of sp³-hybridized carbons (Fsp3) is 0.200.